The van der Waals surface area contributed by atoms with E-state index in [1.807, 2.05) is 7.05 Å². The van der Waals surface area contributed by atoms with Crippen molar-refractivity contribution in [3.8, 4) is 0 Å². The summed E-state index contributed by atoms with van der Waals surface area (Å²) < 4.78 is 5.09. The van der Waals surface area contributed by atoms with E-state index in [0.717, 1.165) is 26.1 Å². The third-order valence-corrected chi connectivity index (χ3v) is 3.66. The molecule has 0 amide bonds. The molecule has 0 aliphatic rings. The lowest BCUT2D eigenvalue weighted by atomic mass is 10.0. The van der Waals surface area contributed by atoms with Crippen LogP contribution >= 0.6 is 0 Å². The molecule has 108 valence electrons. The lowest BCUT2D eigenvalue weighted by Gasteiger charge is -2.24. The quantitative estimate of drug-likeness (QED) is 0.730. The van der Waals surface area contributed by atoms with Crippen molar-refractivity contribution in [3.05, 3.63) is 34.9 Å². The number of hydrogen-bond acceptors (Lipinski definition) is 3. The second kappa shape index (κ2) is 8.31. The maximum absolute atomic E-state index is 5.09. The minimum absolute atomic E-state index is 0.381. The first-order chi connectivity index (χ1) is 9.08. The van der Waals surface area contributed by atoms with Gasteiger partial charge in [0, 0.05) is 32.8 Å². The first-order valence-corrected chi connectivity index (χ1v) is 7.00. The maximum atomic E-state index is 5.09. The van der Waals surface area contributed by atoms with Gasteiger partial charge in [0.25, 0.3) is 0 Å². The van der Waals surface area contributed by atoms with Gasteiger partial charge in [-0.15, -0.1) is 0 Å². The molecular formula is C16H28N2O. The summed E-state index contributed by atoms with van der Waals surface area (Å²) in [4.78, 5) is 2.36. The third kappa shape index (κ3) is 5.31. The molecule has 0 aromatic heterocycles. The second-order valence-electron chi connectivity index (χ2n) is 5.29. The normalized spacial score (nSPS) is 12.9. The summed E-state index contributed by atoms with van der Waals surface area (Å²) in [6.07, 6.45) is 1.08. The molecule has 0 bridgehead atoms. The van der Waals surface area contributed by atoms with Crippen molar-refractivity contribution in [2.45, 2.75) is 26.3 Å². The van der Waals surface area contributed by atoms with Gasteiger partial charge in [0.15, 0.2) is 0 Å². The van der Waals surface area contributed by atoms with Gasteiger partial charge < -0.3 is 15.0 Å². The Morgan fingerprint density at radius 2 is 2.00 bits per heavy atom. The van der Waals surface area contributed by atoms with Crippen molar-refractivity contribution in [2.75, 3.05) is 40.9 Å². The van der Waals surface area contributed by atoms with Crippen molar-refractivity contribution < 1.29 is 4.74 Å². The molecule has 1 atom stereocenters. The molecule has 0 saturated heterocycles. The number of nitrogens with one attached hydrogen (secondary N) is 1. The predicted molar refractivity (Wildman–Crippen MR) is 81.7 cm³/mol. The van der Waals surface area contributed by atoms with Crippen molar-refractivity contribution in [3.63, 3.8) is 0 Å². The largest absolute Gasteiger partial charge is 0.385 e. The van der Waals surface area contributed by atoms with Crippen LogP contribution in [0.3, 0.4) is 0 Å². The Morgan fingerprint density at radius 3 is 2.58 bits per heavy atom. The van der Waals surface area contributed by atoms with Gasteiger partial charge in [-0.2, -0.15) is 0 Å². The van der Waals surface area contributed by atoms with Gasteiger partial charge >= 0.3 is 0 Å². The van der Waals surface area contributed by atoms with Gasteiger partial charge in [0.2, 0.25) is 0 Å². The fraction of sp³-hybridized carbons (Fsp3) is 0.625. The highest BCUT2D eigenvalue weighted by atomic mass is 16.5. The van der Waals surface area contributed by atoms with Gasteiger partial charge in [0.05, 0.1) is 0 Å². The number of methoxy groups -OCH3 is 1. The molecule has 1 aromatic carbocycles. The highest BCUT2D eigenvalue weighted by Gasteiger charge is 2.12. The summed E-state index contributed by atoms with van der Waals surface area (Å²) in [7, 11) is 5.95. The fourth-order valence-electron chi connectivity index (χ4n) is 2.23. The number of nitrogens with zero attached hydrogens (tertiary/aromatic N) is 1. The van der Waals surface area contributed by atoms with E-state index in [1.54, 1.807) is 7.11 Å². The number of benzene rings is 1. The van der Waals surface area contributed by atoms with Crippen molar-refractivity contribution in [1.29, 1.82) is 0 Å². The van der Waals surface area contributed by atoms with Gasteiger partial charge in [-0.3, -0.25) is 0 Å². The molecule has 1 unspecified atom stereocenters. The van der Waals surface area contributed by atoms with E-state index >= 15 is 0 Å². The van der Waals surface area contributed by atoms with Gasteiger partial charge in [-0.1, -0.05) is 18.2 Å². The molecule has 1 aromatic rings. The Hall–Kier alpha value is -0.900. The van der Waals surface area contributed by atoms with E-state index in [-0.39, 0.29) is 0 Å². The Labute approximate surface area is 118 Å². The molecule has 0 aliphatic carbocycles. The number of aryl methyl sites for hydroxylation is 2. The number of likely N-dealkylation sites (N-methyl/N-ethyl adjacent to an activating group) is 2. The first-order valence-electron chi connectivity index (χ1n) is 7.00. The van der Waals surface area contributed by atoms with Crippen molar-refractivity contribution in [1.82, 2.24) is 10.2 Å². The van der Waals surface area contributed by atoms with Crippen LogP contribution in [0.2, 0.25) is 0 Å². The zero-order valence-corrected chi connectivity index (χ0v) is 13.0. The van der Waals surface area contributed by atoms with E-state index < -0.39 is 0 Å². The highest BCUT2D eigenvalue weighted by molar-refractivity contribution is 5.31. The molecular weight excluding hydrogens is 236 g/mol. The van der Waals surface area contributed by atoms with Crippen LogP contribution in [0.4, 0.5) is 0 Å². The smallest absolute Gasteiger partial charge is 0.0474 e. The highest BCUT2D eigenvalue weighted by Crippen LogP contribution is 2.17. The van der Waals surface area contributed by atoms with Gasteiger partial charge in [-0.05, 0) is 51.1 Å². The van der Waals surface area contributed by atoms with Gasteiger partial charge in [-0.25, -0.2) is 0 Å². The first kappa shape index (κ1) is 16.2. The fourth-order valence-corrected chi connectivity index (χ4v) is 2.23. The van der Waals surface area contributed by atoms with Gasteiger partial charge in [0.1, 0.15) is 0 Å². The Kier molecular flexibility index (Phi) is 7.06. The number of ether oxygens (including phenoxy) is 1. The third-order valence-electron chi connectivity index (χ3n) is 3.66. The minimum atomic E-state index is 0.381. The maximum Gasteiger partial charge on any atom is 0.0474 e. The molecule has 0 spiro atoms. The Balaban J connectivity index is 2.59. The van der Waals surface area contributed by atoms with E-state index in [1.165, 1.54) is 16.7 Å². The van der Waals surface area contributed by atoms with E-state index in [9.17, 15) is 0 Å². The molecule has 0 radical (unpaired) electrons. The SMILES string of the molecule is CNC(CN(C)CCCOC)c1ccc(C)c(C)c1. The molecule has 19 heavy (non-hydrogen) atoms. The van der Waals surface area contributed by atoms with Crippen LogP contribution in [0.25, 0.3) is 0 Å². The Bertz CT molecular complexity index is 379. The van der Waals surface area contributed by atoms with Crippen LogP contribution < -0.4 is 5.32 Å². The van der Waals surface area contributed by atoms with E-state index in [2.05, 4.69) is 49.3 Å². The molecule has 0 heterocycles. The molecule has 3 nitrogen and oxygen atoms in total. The molecule has 1 N–H and O–H groups in total. The van der Waals surface area contributed by atoms with E-state index in [0.29, 0.717) is 6.04 Å². The lowest BCUT2D eigenvalue weighted by molar-refractivity contribution is 0.176. The zero-order valence-electron chi connectivity index (χ0n) is 13.0. The van der Waals surface area contributed by atoms with E-state index in [4.69, 9.17) is 4.74 Å². The summed E-state index contributed by atoms with van der Waals surface area (Å²) >= 11 is 0. The summed E-state index contributed by atoms with van der Waals surface area (Å²) in [5.74, 6) is 0. The molecule has 0 aliphatic heterocycles. The molecule has 0 saturated carbocycles. The zero-order chi connectivity index (χ0) is 14.3. The molecule has 1 rings (SSSR count). The van der Waals surface area contributed by atoms with Crippen LogP contribution in [0.15, 0.2) is 18.2 Å². The monoisotopic (exact) mass is 264 g/mol. The summed E-state index contributed by atoms with van der Waals surface area (Å²) in [5, 5.41) is 3.41. The summed E-state index contributed by atoms with van der Waals surface area (Å²) in [6, 6.07) is 7.11. The topological polar surface area (TPSA) is 24.5 Å². The van der Waals surface area contributed by atoms with Crippen LogP contribution in [0.5, 0.6) is 0 Å². The summed E-state index contributed by atoms with van der Waals surface area (Å²) in [6.45, 7) is 7.25. The van der Waals surface area contributed by atoms with Crippen molar-refractivity contribution in [2.24, 2.45) is 0 Å². The standard InChI is InChI=1S/C16H28N2O/c1-13-7-8-15(11-14(13)2)16(17-3)12-18(4)9-6-10-19-5/h7-8,11,16-17H,6,9-10,12H2,1-5H3. The lowest BCUT2D eigenvalue weighted by Crippen LogP contribution is -2.32. The molecule has 3 heteroatoms. The number of rotatable bonds is 8. The van der Waals surface area contributed by atoms with Crippen LogP contribution in [0.1, 0.15) is 29.2 Å². The second-order valence-corrected chi connectivity index (χ2v) is 5.29. The minimum Gasteiger partial charge on any atom is -0.385 e. The van der Waals surface area contributed by atoms with Crippen molar-refractivity contribution >= 4 is 0 Å². The summed E-state index contributed by atoms with van der Waals surface area (Å²) in [5.41, 5.74) is 4.08. The van der Waals surface area contributed by atoms with Crippen LogP contribution in [-0.2, 0) is 4.74 Å². The van der Waals surface area contributed by atoms with Crippen LogP contribution in [0, 0.1) is 13.8 Å². The Morgan fingerprint density at radius 1 is 1.26 bits per heavy atom. The predicted octanol–water partition coefficient (Wildman–Crippen LogP) is 2.53. The van der Waals surface area contributed by atoms with Crippen LogP contribution in [-0.4, -0.2) is 45.8 Å². The average Bonchev–Trinajstić information content (AvgIpc) is 2.39. The number of hydrogen-bond donors (Lipinski definition) is 1. The molecule has 0 fully saturated rings. The average molecular weight is 264 g/mol.